The van der Waals surface area contributed by atoms with Crippen molar-refractivity contribution < 1.29 is 18.0 Å². The molecule has 9 heteroatoms. The van der Waals surface area contributed by atoms with Crippen molar-refractivity contribution in [1.82, 2.24) is 14.8 Å². The first-order chi connectivity index (χ1) is 9.81. The van der Waals surface area contributed by atoms with Gasteiger partial charge in [-0.05, 0) is 25.1 Å². The van der Waals surface area contributed by atoms with Crippen molar-refractivity contribution >= 4 is 11.7 Å². The Morgan fingerprint density at radius 3 is 2.67 bits per heavy atom. The Morgan fingerprint density at radius 1 is 1.43 bits per heavy atom. The van der Waals surface area contributed by atoms with Crippen molar-refractivity contribution in [3.63, 3.8) is 0 Å². The van der Waals surface area contributed by atoms with E-state index in [0.717, 1.165) is 16.8 Å². The van der Waals surface area contributed by atoms with Crippen LogP contribution >= 0.6 is 0 Å². The lowest BCUT2D eigenvalue weighted by molar-refractivity contribution is -0.137. The fourth-order valence-corrected chi connectivity index (χ4v) is 1.65. The highest BCUT2D eigenvalue weighted by Gasteiger charge is 2.32. The lowest BCUT2D eigenvalue weighted by Crippen LogP contribution is -2.13. The van der Waals surface area contributed by atoms with Crippen LogP contribution in [-0.2, 0) is 6.18 Å². The van der Waals surface area contributed by atoms with Crippen LogP contribution in [0.15, 0.2) is 24.4 Å². The second-order valence-corrected chi connectivity index (χ2v) is 4.14. The van der Waals surface area contributed by atoms with Crippen LogP contribution in [0, 0.1) is 0 Å². The zero-order chi connectivity index (χ0) is 15.6. The summed E-state index contributed by atoms with van der Waals surface area (Å²) in [6.45, 7) is 2.15. The number of aromatic nitrogens is 3. The Bertz CT molecular complexity index is 665. The first-order valence-corrected chi connectivity index (χ1v) is 6.00. The summed E-state index contributed by atoms with van der Waals surface area (Å²) >= 11 is 0. The van der Waals surface area contributed by atoms with Crippen molar-refractivity contribution in [3.05, 3.63) is 35.7 Å². The molecule has 0 saturated carbocycles. The molecule has 0 aliphatic rings. The molecular weight excluding hydrogens is 287 g/mol. The van der Waals surface area contributed by atoms with E-state index in [1.54, 1.807) is 6.92 Å². The van der Waals surface area contributed by atoms with E-state index < -0.39 is 17.6 Å². The number of rotatable bonds is 4. The molecule has 6 nitrogen and oxygen atoms in total. The minimum absolute atomic E-state index is 0.0563. The Hall–Kier alpha value is -2.58. The molecule has 0 unspecified atom stereocenters. The fourth-order valence-electron chi connectivity index (χ4n) is 1.65. The molecule has 0 aliphatic heterocycles. The maximum absolute atomic E-state index is 12.9. The third-order valence-corrected chi connectivity index (χ3v) is 2.57. The number of alkyl halides is 3. The fraction of sp³-hybridized carbons (Fsp3) is 0.250. The van der Waals surface area contributed by atoms with Gasteiger partial charge in [-0.2, -0.15) is 18.3 Å². The van der Waals surface area contributed by atoms with Gasteiger partial charge in [-0.25, -0.2) is 9.67 Å². The zero-order valence-corrected chi connectivity index (χ0v) is 11.0. The van der Waals surface area contributed by atoms with Gasteiger partial charge in [0.15, 0.2) is 5.82 Å². The molecule has 0 radical (unpaired) electrons. The molecule has 21 heavy (non-hydrogen) atoms. The predicted molar refractivity (Wildman–Crippen MR) is 69.0 cm³/mol. The number of nitrogens with zero attached hydrogens (tertiary/aromatic N) is 3. The highest BCUT2D eigenvalue weighted by molar-refractivity contribution is 5.90. The molecule has 2 heterocycles. The highest BCUT2D eigenvalue weighted by Crippen LogP contribution is 2.31. The van der Waals surface area contributed by atoms with Crippen molar-refractivity contribution in [2.24, 2.45) is 5.73 Å². The standard InChI is InChI=1S/C12H12F3N5O/c1-2-17-9-5-7(12(13,14)15)6-10(18-9)20-4-3-8(19-20)11(16)21/h3-6H,2H2,1H3,(H2,16,21)(H,17,18). The number of amides is 1. The number of carbonyl (C=O) groups excluding carboxylic acids is 1. The molecule has 0 spiro atoms. The lowest BCUT2D eigenvalue weighted by Gasteiger charge is -2.12. The van der Waals surface area contributed by atoms with Gasteiger partial charge in [0.1, 0.15) is 11.5 Å². The van der Waals surface area contributed by atoms with Gasteiger partial charge in [0.2, 0.25) is 0 Å². The first kappa shape index (κ1) is 14.8. The van der Waals surface area contributed by atoms with E-state index in [2.05, 4.69) is 15.4 Å². The summed E-state index contributed by atoms with van der Waals surface area (Å²) in [4.78, 5) is 15.0. The van der Waals surface area contributed by atoms with Crippen LogP contribution in [-0.4, -0.2) is 27.2 Å². The van der Waals surface area contributed by atoms with Crippen molar-refractivity contribution in [2.75, 3.05) is 11.9 Å². The Labute approximate surface area is 117 Å². The number of hydrogen-bond acceptors (Lipinski definition) is 4. The Kier molecular flexibility index (Phi) is 3.83. The van der Waals surface area contributed by atoms with Gasteiger partial charge >= 0.3 is 6.18 Å². The molecule has 3 N–H and O–H groups in total. The van der Waals surface area contributed by atoms with E-state index in [9.17, 15) is 18.0 Å². The third-order valence-electron chi connectivity index (χ3n) is 2.57. The van der Waals surface area contributed by atoms with Crippen LogP contribution in [0.2, 0.25) is 0 Å². The number of nitrogens with one attached hydrogen (secondary N) is 1. The van der Waals surface area contributed by atoms with Gasteiger partial charge in [-0.15, -0.1) is 0 Å². The van der Waals surface area contributed by atoms with Gasteiger partial charge in [-0.3, -0.25) is 4.79 Å². The third kappa shape index (κ3) is 3.30. The molecule has 0 bridgehead atoms. The van der Waals surface area contributed by atoms with E-state index in [-0.39, 0.29) is 17.3 Å². The summed E-state index contributed by atoms with van der Waals surface area (Å²) < 4.78 is 39.7. The van der Waals surface area contributed by atoms with Crippen molar-refractivity contribution in [3.8, 4) is 5.82 Å². The molecule has 0 atom stereocenters. The monoisotopic (exact) mass is 299 g/mol. The summed E-state index contributed by atoms with van der Waals surface area (Å²) in [7, 11) is 0. The topological polar surface area (TPSA) is 85.8 Å². The summed E-state index contributed by atoms with van der Waals surface area (Å²) in [5, 5.41) is 6.50. The van der Waals surface area contributed by atoms with Crippen LogP contribution in [0.5, 0.6) is 0 Å². The van der Waals surface area contributed by atoms with Crippen LogP contribution in [0.3, 0.4) is 0 Å². The lowest BCUT2D eigenvalue weighted by atomic mass is 10.2. The quantitative estimate of drug-likeness (QED) is 0.901. The summed E-state index contributed by atoms with van der Waals surface area (Å²) in [6.07, 6.45) is -3.19. The summed E-state index contributed by atoms with van der Waals surface area (Å²) in [5.41, 5.74) is 4.14. The van der Waals surface area contributed by atoms with Crippen molar-refractivity contribution in [2.45, 2.75) is 13.1 Å². The number of anilines is 1. The second kappa shape index (κ2) is 5.43. The van der Waals surface area contributed by atoms with Crippen LogP contribution < -0.4 is 11.1 Å². The molecular formula is C12H12F3N5O. The maximum Gasteiger partial charge on any atom is 0.416 e. The van der Waals surface area contributed by atoms with Gasteiger partial charge in [-0.1, -0.05) is 0 Å². The minimum atomic E-state index is -4.51. The van der Waals surface area contributed by atoms with Gasteiger partial charge in [0.05, 0.1) is 5.56 Å². The Morgan fingerprint density at radius 2 is 2.14 bits per heavy atom. The number of halogens is 3. The molecule has 0 fully saturated rings. The SMILES string of the molecule is CCNc1cc(C(F)(F)F)cc(-n2ccc(C(N)=O)n2)n1. The smallest absolute Gasteiger partial charge is 0.370 e. The molecule has 2 aromatic heterocycles. The number of primary amides is 1. The predicted octanol–water partition coefficient (Wildman–Crippen LogP) is 1.82. The van der Waals surface area contributed by atoms with E-state index in [1.165, 1.54) is 12.3 Å². The number of carbonyl (C=O) groups is 1. The van der Waals surface area contributed by atoms with E-state index in [1.807, 2.05) is 0 Å². The van der Waals surface area contributed by atoms with E-state index in [4.69, 9.17) is 5.73 Å². The zero-order valence-electron chi connectivity index (χ0n) is 11.0. The normalized spacial score (nSPS) is 11.4. The van der Waals surface area contributed by atoms with Crippen LogP contribution in [0.1, 0.15) is 23.0 Å². The number of pyridine rings is 1. The molecule has 1 amide bonds. The molecule has 0 aromatic carbocycles. The van der Waals surface area contributed by atoms with Crippen LogP contribution in [0.4, 0.5) is 19.0 Å². The molecule has 112 valence electrons. The summed E-state index contributed by atoms with van der Waals surface area (Å²) in [5.74, 6) is -0.764. The second-order valence-electron chi connectivity index (χ2n) is 4.14. The molecule has 2 rings (SSSR count). The minimum Gasteiger partial charge on any atom is -0.370 e. The molecule has 2 aromatic rings. The van der Waals surface area contributed by atoms with Crippen molar-refractivity contribution in [1.29, 1.82) is 0 Å². The van der Waals surface area contributed by atoms with Gasteiger partial charge < -0.3 is 11.1 Å². The maximum atomic E-state index is 12.9. The first-order valence-electron chi connectivity index (χ1n) is 6.00. The number of nitrogens with two attached hydrogens (primary N) is 1. The largest absolute Gasteiger partial charge is 0.416 e. The highest BCUT2D eigenvalue weighted by atomic mass is 19.4. The van der Waals surface area contributed by atoms with E-state index >= 15 is 0 Å². The van der Waals surface area contributed by atoms with E-state index in [0.29, 0.717) is 6.54 Å². The Balaban J connectivity index is 2.50. The summed E-state index contributed by atoms with van der Waals surface area (Å²) in [6, 6.07) is 3.06. The van der Waals surface area contributed by atoms with Crippen LogP contribution in [0.25, 0.3) is 5.82 Å². The average molecular weight is 299 g/mol. The molecule has 0 aliphatic carbocycles. The molecule has 0 saturated heterocycles. The van der Waals surface area contributed by atoms with Gasteiger partial charge in [0.25, 0.3) is 5.91 Å². The van der Waals surface area contributed by atoms with Gasteiger partial charge in [0, 0.05) is 12.7 Å². The average Bonchev–Trinajstić information content (AvgIpc) is 2.87. The number of hydrogen-bond donors (Lipinski definition) is 2.